The van der Waals surface area contributed by atoms with Gasteiger partial charge >= 0.3 is 0 Å². The molecule has 0 bridgehead atoms. The van der Waals surface area contributed by atoms with Crippen molar-refractivity contribution < 1.29 is 22.8 Å². The first kappa shape index (κ1) is 27.1. The van der Waals surface area contributed by atoms with E-state index in [1.54, 1.807) is 30.5 Å². The highest BCUT2D eigenvalue weighted by Gasteiger charge is 2.51. The SMILES string of the molecule is CC1(C)CCC(c2ccccc2S(C)(=O)=O)N(CC(=O)Nc2ccc3c(c2)CC2(C3)C(=O)Nc3ncccc32)C1=O. The summed E-state index contributed by atoms with van der Waals surface area (Å²) in [7, 11) is -3.54. The number of nitrogens with one attached hydrogen (secondary N) is 2. The fourth-order valence-corrected chi connectivity index (χ4v) is 7.55. The maximum Gasteiger partial charge on any atom is 0.244 e. The van der Waals surface area contributed by atoms with Crippen molar-refractivity contribution in [2.75, 3.05) is 23.4 Å². The number of pyridine rings is 1. The first-order valence-electron chi connectivity index (χ1n) is 13.7. The third-order valence-corrected chi connectivity index (χ3v) is 9.89. The number of nitrogens with zero attached hydrogens (tertiary/aromatic N) is 2. The smallest absolute Gasteiger partial charge is 0.244 e. The lowest BCUT2D eigenvalue weighted by Crippen LogP contribution is -2.50. The van der Waals surface area contributed by atoms with E-state index in [-0.39, 0.29) is 29.2 Å². The van der Waals surface area contributed by atoms with Gasteiger partial charge in [-0.25, -0.2) is 13.4 Å². The minimum absolute atomic E-state index is 0.0698. The highest BCUT2D eigenvalue weighted by molar-refractivity contribution is 7.90. The number of sulfone groups is 1. The van der Waals surface area contributed by atoms with Crippen LogP contribution in [0.3, 0.4) is 0 Å². The number of rotatable bonds is 5. The van der Waals surface area contributed by atoms with Crippen LogP contribution in [0.2, 0.25) is 0 Å². The molecule has 2 atom stereocenters. The average molecular weight is 573 g/mol. The molecule has 9 nitrogen and oxygen atoms in total. The number of fused-ring (bicyclic) bond motifs is 3. The second-order valence-electron chi connectivity index (χ2n) is 12.0. The number of hydrogen-bond donors (Lipinski definition) is 2. The summed E-state index contributed by atoms with van der Waals surface area (Å²) in [6.45, 7) is 3.48. The molecule has 0 saturated carbocycles. The standard InChI is InChI=1S/C31H32N4O5S/c1-30(2)13-12-24(22-7-4-5-9-25(22)41(3,39)40)35(29(30)38)18-26(36)33-21-11-10-19-16-31(17-20(19)15-21)23-8-6-14-32-27(23)34-28(31)37/h4-11,14-15,24H,12-13,16-18H2,1-3H3,(H,33,36)(H,32,34,37). The van der Waals surface area contributed by atoms with Gasteiger partial charge in [-0.2, -0.15) is 0 Å². The number of likely N-dealkylation sites (tertiary alicyclic amines) is 1. The Morgan fingerprint density at radius 1 is 1.07 bits per heavy atom. The van der Waals surface area contributed by atoms with E-state index in [0.717, 1.165) is 22.9 Å². The maximum absolute atomic E-state index is 13.6. The van der Waals surface area contributed by atoms with E-state index in [2.05, 4.69) is 15.6 Å². The van der Waals surface area contributed by atoms with Gasteiger partial charge in [-0.3, -0.25) is 14.4 Å². The van der Waals surface area contributed by atoms with E-state index in [1.807, 2.05) is 44.2 Å². The Bertz CT molecular complexity index is 1720. The van der Waals surface area contributed by atoms with Gasteiger partial charge < -0.3 is 15.5 Å². The van der Waals surface area contributed by atoms with E-state index in [4.69, 9.17) is 0 Å². The molecule has 212 valence electrons. The van der Waals surface area contributed by atoms with Gasteiger partial charge in [0.05, 0.1) is 16.4 Å². The molecule has 2 aliphatic heterocycles. The molecule has 1 fully saturated rings. The summed E-state index contributed by atoms with van der Waals surface area (Å²) >= 11 is 0. The van der Waals surface area contributed by atoms with Crippen molar-refractivity contribution in [2.45, 2.75) is 55.9 Å². The second kappa shape index (κ2) is 9.51. The Morgan fingerprint density at radius 2 is 1.83 bits per heavy atom. The first-order valence-corrected chi connectivity index (χ1v) is 15.6. The Labute approximate surface area is 239 Å². The van der Waals surface area contributed by atoms with Crippen LogP contribution in [0.15, 0.2) is 65.7 Å². The molecular weight excluding hydrogens is 540 g/mol. The summed E-state index contributed by atoms with van der Waals surface area (Å²) in [4.78, 5) is 46.0. The molecule has 3 aliphatic rings. The zero-order valence-electron chi connectivity index (χ0n) is 23.2. The minimum atomic E-state index is -3.54. The Balaban J connectivity index is 1.24. The number of carbonyl (C=O) groups is 3. The average Bonchev–Trinajstić information content (AvgIpc) is 3.43. The van der Waals surface area contributed by atoms with Gasteiger partial charge in [0.2, 0.25) is 17.7 Å². The van der Waals surface area contributed by atoms with E-state index in [0.29, 0.717) is 42.8 Å². The third kappa shape index (κ3) is 4.60. The first-order chi connectivity index (χ1) is 19.4. The quantitative estimate of drug-likeness (QED) is 0.479. The Kier molecular flexibility index (Phi) is 6.29. The van der Waals surface area contributed by atoms with Gasteiger partial charge in [0.15, 0.2) is 9.84 Å². The summed E-state index contributed by atoms with van der Waals surface area (Å²) in [6, 6.07) is 15.5. The number of anilines is 2. The Hall–Kier alpha value is -4.05. The monoisotopic (exact) mass is 572 g/mol. The molecule has 0 radical (unpaired) electrons. The number of aromatic nitrogens is 1. The van der Waals surface area contributed by atoms with Crippen molar-refractivity contribution in [1.29, 1.82) is 0 Å². The van der Waals surface area contributed by atoms with E-state index in [1.165, 1.54) is 4.90 Å². The molecule has 1 aromatic heterocycles. The van der Waals surface area contributed by atoms with Crippen LogP contribution in [-0.2, 0) is 42.5 Å². The molecule has 41 heavy (non-hydrogen) atoms. The molecular formula is C31H32N4O5S. The maximum atomic E-state index is 13.6. The van der Waals surface area contributed by atoms with Crippen molar-refractivity contribution in [3.05, 3.63) is 83.0 Å². The van der Waals surface area contributed by atoms with Gasteiger partial charge in [-0.15, -0.1) is 0 Å². The number of hydrogen-bond acceptors (Lipinski definition) is 6. The molecule has 2 unspecified atom stereocenters. The number of piperidine rings is 1. The molecule has 3 heterocycles. The Morgan fingerprint density at radius 3 is 2.61 bits per heavy atom. The van der Waals surface area contributed by atoms with Crippen molar-refractivity contribution in [3.63, 3.8) is 0 Å². The van der Waals surface area contributed by atoms with E-state index in [9.17, 15) is 22.8 Å². The molecule has 1 spiro atoms. The van der Waals surface area contributed by atoms with E-state index >= 15 is 0 Å². The third-order valence-electron chi connectivity index (χ3n) is 8.71. The molecule has 10 heteroatoms. The lowest BCUT2D eigenvalue weighted by molar-refractivity contribution is -0.150. The molecule has 1 aliphatic carbocycles. The molecule has 3 amide bonds. The van der Waals surface area contributed by atoms with Crippen LogP contribution in [0.4, 0.5) is 11.5 Å². The lowest BCUT2D eigenvalue weighted by Gasteiger charge is -2.43. The molecule has 2 N–H and O–H groups in total. The zero-order chi connectivity index (χ0) is 29.2. The van der Waals surface area contributed by atoms with Crippen LogP contribution in [-0.4, -0.2) is 48.8 Å². The predicted octanol–water partition coefficient (Wildman–Crippen LogP) is 3.80. The molecule has 1 saturated heterocycles. The lowest BCUT2D eigenvalue weighted by atomic mass is 9.78. The van der Waals surface area contributed by atoms with Gasteiger partial charge in [0.25, 0.3) is 0 Å². The largest absolute Gasteiger partial charge is 0.326 e. The van der Waals surface area contributed by atoms with Crippen LogP contribution >= 0.6 is 0 Å². The second-order valence-corrected chi connectivity index (χ2v) is 14.0. The van der Waals surface area contributed by atoms with Gasteiger partial charge in [0, 0.05) is 29.1 Å². The van der Waals surface area contributed by atoms with Crippen molar-refractivity contribution >= 4 is 39.1 Å². The summed E-state index contributed by atoms with van der Waals surface area (Å²) < 4.78 is 25.1. The van der Waals surface area contributed by atoms with Crippen molar-refractivity contribution in [1.82, 2.24) is 9.88 Å². The summed E-state index contributed by atoms with van der Waals surface area (Å²) in [5.74, 6) is -0.0408. The molecule has 3 aromatic rings. The van der Waals surface area contributed by atoms with Gasteiger partial charge in [0.1, 0.15) is 12.4 Å². The van der Waals surface area contributed by atoms with Crippen molar-refractivity contribution in [2.24, 2.45) is 5.41 Å². The summed E-state index contributed by atoms with van der Waals surface area (Å²) in [5, 5.41) is 5.83. The van der Waals surface area contributed by atoms with Crippen LogP contribution in [0.1, 0.15) is 55.0 Å². The van der Waals surface area contributed by atoms with Crippen LogP contribution in [0, 0.1) is 5.41 Å². The van der Waals surface area contributed by atoms with Gasteiger partial charge in [-0.05, 0) is 66.6 Å². The highest BCUT2D eigenvalue weighted by atomic mass is 32.2. The number of carbonyl (C=O) groups excluding carboxylic acids is 3. The summed E-state index contributed by atoms with van der Waals surface area (Å²) in [6.07, 6.45) is 4.98. The topological polar surface area (TPSA) is 126 Å². The van der Waals surface area contributed by atoms with Crippen LogP contribution < -0.4 is 10.6 Å². The van der Waals surface area contributed by atoms with Crippen molar-refractivity contribution in [3.8, 4) is 0 Å². The highest BCUT2D eigenvalue weighted by Crippen LogP contribution is 2.47. The number of amides is 3. The fraction of sp³-hybridized carbons (Fsp3) is 0.355. The van der Waals surface area contributed by atoms with Gasteiger partial charge in [-0.1, -0.05) is 44.2 Å². The normalized spacial score (nSPS) is 22.8. The van der Waals surface area contributed by atoms with Crippen LogP contribution in [0.5, 0.6) is 0 Å². The van der Waals surface area contributed by atoms with E-state index < -0.39 is 26.7 Å². The fourth-order valence-electron chi connectivity index (χ4n) is 6.59. The molecule has 2 aromatic carbocycles. The number of benzene rings is 2. The molecule has 6 rings (SSSR count). The predicted molar refractivity (Wildman–Crippen MR) is 154 cm³/mol. The van der Waals surface area contributed by atoms with Crippen LogP contribution in [0.25, 0.3) is 0 Å². The zero-order valence-corrected chi connectivity index (χ0v) is 24.0. The minimum Gasteiger partial charge on any atom is -0.326 e. The summed E-state index contributed by atoms with van der Waals surface area (Å²) in [5.41, 5.74) is 2.63.